The van der Waals surface area contributed by atoms with Crippen molar-refractivity contribution in [3.05, 3.63) is 96.6 Å². The Balaban J connectivity index is 1.44. The fourth-order valence-corrected chi connectivity index (χ4v) is 3.92. The number of benzene rings is 3. The minimum absolute atomic E-state index is 0.0535. The van der Waals surface area contributed by atoms with Crippen LogP contribution < -0.4 is 10.1 Å². The zero-order chi connectivity index (χ0) is 22.2. The molecule has 162 valence electrons. The average molecular weight is 449 g/mol. The third kappa shape index (κ3) is 5.53. The molecule has 1 amide bonds. The summed E-state index contributed by atoms with van der Waals surface area (Å²) in [4.78, 5) is 12.2. The van der Waals surface area contributed by atoms with Crippen molar-refractivity contribution in [1.82, 2.24) is 14.8 Å². The van der Waals surface area contributed by atoms with Crippen LogP contribution in [0.2, 0.25) is 0 Å². The number of anilines is 1. The van der Waals surface area contributed by atoms with Crippen molar-refractivity contribution in [2.45, 2.75) is 18.2 Å². The van der Waals surface area contributed by atoms with Crippen molar-refractivity contribution < 1.29 is 13.9 Å². The van der Waals surface area contributed by atoms with Crippen molar-refractivity contribution >= 4 is 23.4 Å². The first-order chi connectivity index (χ1) is 15.7. The van der Waals surface area contributed by atoms with Crippen LogP contribution >= 0.6 is 11.8 Å². The van der Waals surface area contributed by atoms with Gasteiger partial charge in [-0.2, -0.15) is 0 Å². The Hall–Kier alpha value is -3.65. The lowest BCUT2D eigenvalue weighted by Gasteiger charge is -2.11. The largest absolute Gasteiger partial charge is 0.483 e. The molecule has 0 spiro atoms. The molecule has 0 aliphatic rings. The Morgan fingerprint density at radius 1 is 0.938 bits per heavy atom. The fourth-order valence-electron chi connectivity index (χ4n) is 3.01. The van der Waals surface area contributed by atoms with Gasteiger partial charge in [-0.1, -0.05) is 60.3 Å². The minimum Gasteiger partial charge on any atom is -0.483 e. The molecule has 0 unspecified atom stereocenters. The van der Waals surface area contributed by atoms with E-state index >= 15 is 0 Å². The molecule has 6 nitrogen and oxygen atoms in total. The maximum Gasteiger partial charge on any atom is 0.225 e. The number of aromatic nitrogens is 3. The van der Waals surface area contributed by atoms with Gasteiger partial charge in [-0.15, -0.1) is 10.2 Å². The molecule has 0 radical (unpaired) electrons. The van der Waals surface area contributed by atoms with E-state index in [0.29, 0.717) is 23.2 Å². The van der Waals surface area contributed by atoms with Crippen molar-refractivity contribution in [2.24, 2.45) is 0 Å². The first-order valence-corrected chi connectivity index (χ1v) is 11.0. The van der Waals surface area contributed by atoms with Gasteiger partial charge < -0.3 is 10.1 Å². The number of rotatable bonds is 9. The monoisotopic (exact) mass is 448 g/mol. The van der Waals surface area contributed by atoms with E-state index < -0.39 is 5.82 Å². The van der Waals surface area contributed by atoms with E-state index in [-0.39, 0.29) is 18.3 Å². The predicted molar refractivity (Wildman–Crippen MR) is 123 cm³/mol. The normalized spacial score (nSPS) is 10.7. The number of carbonyl (C=O) groups is 1. The van der Waals surface area contributed by atoms with Crippen LogP contribution in [0.15, 0.2) is 90.1 Å². The zero-order valence-corrected chi connectivity index (χ0v) is 18.0. The number of nitrogens with zero attached hydrogens (tertiary/aromatic N) is 3. The molecule has 0 atom stereocenters. The zero-order valence-electron chi connectivity index (χ0n) is 17.1. The van der Waals surface area contributed by atoms with Gasteiger partial charge in [0.05, 0.1) is 0 Å². The van der Waals surface area contributed by atoms with Gasteiger partial charge in [0.1, 0.15) is 6.61 Å². The van der Waals surface area contributed by atoms with E-state index in [4.69, 9.17) is 4.74 Å². The van der Waals surface area contributed by atoms with Crippen LogP contribution in [0.4, 0.5) is 10.1 Å². The van der Waals surface area contributed by atoms with Gasteiger partial charge in [0.25, 0.3) is 0 Å². The minimum atomic E-state index is -0.433. The van der Waals surface area contributed by atoms with Crippen LogP contribution in [-0.2, 0) is 11.4 Å². The molecule has 0 saturated heterocycles. The van der Waals surface area contributed by atoms with E-state index in [9.17, 15) is 9.18 Å². The first-order valence-electron chi connectivity index (χ1n) is 10.1. The molecule has 0 bridgehead atoms. The Bertz CT molecular complexity index is 1170. The number of thioether (sulfide) groups is 1. The highest BCUT2D eigenvalue weighted by Crippen LogP contribution is 2.24. The van der Waals surface area contributed by atoms with E-state index in [2.05, 4.69) is 15.5 Å². The standard InChI is InChI=1S/C24H21FN4O2S/c25-20-13-7-8-14-21(20)31-17-22-27-28-24(29(22)19-11-5-2-6-12-19)32-16-15-23(30)26-18-9-3-1-4-10-18/h1-14H,15-17H2,(H,26,30). The number of para-hydroxylation sites is 3. The summed E-state index contributed by atoms with van der Waals surface area (Å²) in [7, 11) is 0. The maximum atomic E-state index is 13.9. The third-order valence-corrected chi connectivity index (χ3v) is 5.46. The molecule has 8 heteroatoms. The van der Waals surface area contributed by atoms with E-state index in [0.717, 1.165) is 11.4 Å². The lowest BCUT2D eigenvalue weighted by molar-refractivity contribution is -0.115. The smallest absolute Gasteiger partial charge is 0.225 e. The van der Waals surface area contributed by atoms with Crippen LogP contribution in [-0.4, -0.2) is 26.4 Å². The second-order valence-corrected chi connectivity index (χ2v) is 7.86. The molecule has 0 aliphatic heterocycles. The summed E-state index contributed by atoms with van der Waals surface area (Å²) in [5, 5.41) is 12.0. The number of carbonyl (C=O) groups excluding carboxylic acids is 1. The summed E-state index contributed by atoms with van der Waals surface area (Å²) in [5.74, 6) is 0.713. The van der Waals surface area contributed by atoms with E-state index in [1.165, 1.54) is 17.8 Å². The molecule has 32 heavy (non-hydrogen) atoms. The van der Waals surface area contributed by atoms with Crippen molar-refractivity contribution in [1.29, 1.82) is 0 Å². The summed E-state index contributed by atoms with van der Waals surface area (Å²) in [6, 6.07) is 25.2. The highest BCUT2D eigenvalue weighted by molar-refractivity contribution is 7.99. The molecule has 0 fully saturated rings. The summed E-state index contributed by atoms with van der Waals surface area (Å²) in [6.07, 6.45) is 0.322. The summed E-state index contributed by atoms with van der Waals surface area (Å²) in [5.41, 5.74) is 1.63. The van der Waals surface area contributed by atoms with Gasteiger partial charge in [-0.25, -0.2) is 4.39 Å². The van der Waals surface area contributed by atoms with Gasteiger partial charge in [0.15, 0.2) is 22.5 Å². The highest BCUT2D eigenvalue weighted by atomic mass is 32.2. The van der Waals surface area contributed by atoms with Gasteiger partial charge in [-0.05, 0) is 36.4 Å². The quantitative estimate of drug-likeness (QED) is 0.361. The Morgan fingerprint density at radius 2 is 1.62 bits per heavy atom. The van der Waals surface area contributed by atoms with Crippen LogP contribution in [0.3, 0.4) is 0 Å². The van der Waals surface area contributed by atoms with Crippen LogP contribution in [0.1, 0.15) is 12.2 Å². The summed E-state index contributed by atoms with van der Waals surface area (Å²) < 4.78 is 21.4. The molecule has 3 aromatic carbocycles. The summed E-state index contributed by atoms with van der Waals surface area (Å²) in [6.45, 7) is 0.0535. The van der Waals surface area contributed by atoms with Crippen molar-refractivity contribution in [2.75, 3.05) is 11.1 Å². The molecule has 4 aromatic rings. The summed E-state index contributed by atoms with van der Waals surface area (Å²) >= 11 is 1.43. The average Bonchev–Trinajstić information content (AvgIpc) is 3.22. The Morgan fingerprint density at radius 3 is 2.38 bits per heavy atom. The fraction of sp³-hybridized carbons (Fsp3) is 0.125. The Labute approximate surface area is 189 Å². The number of ether oxygens (including phenoxy) is 1. The number of hydrogen-bond donors (Lipinski definition) is 1. The molecular weight excluding hydrogens is 427 g/mol. The molecule has 1 N–H and O–H groups in total. The molecule has 0 saturated carbocycles. The second-order valence-electron chi connectivity index (χ2n) is 6.80. The number of nitrogens with one attached hydrogen (secondary N) is 1. The predicted octanol–water partition coefficient (Wildman–Crippen LogP) is 5.11. The van der Waals surface area contributed by atoms with Crippen LogP contribution in [0.5, 0.6) is 5.75 Å². The van der Waals surface area contributed by atoms with Gasteiger partial charge in [0.2, 0.25) is 5.91 Å². The highest BCUT2D eigenvalue weighted by Gasteiger charge is 2.16. The lowest BCUT2D eigenvalue weighted by atomic mass is 10.3. The third-order valence-electron chi connectivity index (χ3n) is 4.53. The molecule has 4 rings (SSSR count). The second kappa shape index (κ2) is 10.6. The van der Waals surface area contributed by atoms with Gasteiger partial charge in [-0.3, -0.25) is 9.36 Å². The van der Waals surface area contributed by atoms with E-state index in [1.54, 1.807) is 18.2 Å². The van der Waals surface area contributed by atoms with Crippen LogP contribution in [0, 0.1) is 5.82 Å². The molecule has 1 heterocycles. The molecule has 0 aliphatic carbocycles. The number of hydrogen-bond acceptors (Lipinski definition) is 5. The van der Waals surface area contributed by atoms with E-state index in [1.807, 2.05) is 65.2 Å². The molecular formula is C24H21FN4O2S. The van der Waals surface area contributed by atoms with Gasteiger partial charge in [0, 0.05) is 23.5 Å². The first kappa shape index (κ1) is 21.6. The SMILES string of the molecule is O=C(CCSc1nnc(COc2ccccc2F)n1-c1ccccc1)Nc1ccccc1. The van der Waals surface area contributed by atoms with Gasteiger partial charge >= 0.3 is 0 Å². The Kier molecular flexibility index (Phi) is 7.14. The van der Waals surface area contributed by atoms with Crippen molar-refractivity contribution in [3.8, 4) is 11.4 Å². The van der Waals surface area contributed by atoms with Crippen molar-refractivity contribution in [3.63, 3.8) is 0 Å². The maximum absolute atomic E-state index is 13.9. The number of halogens is 1. The topological polar surface area (TPSA) is 69.0 Å². The lowest BCUT2D eigenvalue weighted by Crippen LogP contribution is -2.12. The molecule has 1 aromatic heterocycles. The number of amides is 1. The van der Waals surface area contributed by atoms with Crippen LogP contribution in [0.25, 0.3) is 5.69 Å².